The van der Waals surface area contributed by atoms with Crippen LogP contribution in [0.25, 0.3) is 0 Å². The highest BCUT2D eigenvalue weighted by Gasteiger charge is 2.29. The van der Waals surface area contributed by atoms with Crippen molar-refractivity contribution in [2.45, 2.75) is 25.5 Å². The molecule has 2 aromatic rings. The molecule has 8 nitrogen and oxygen atoms in total. The molecule has 1 fully saturated rings. The number of thioether (sulfide) groups is 1. The molecule has 1 aliphatic rings. The fourth-order valence-corrected chi connectivity index (χ4v) is 3.62. The van der Waals surface area contributed by atoms with E-state index in [1.54, 1.807) is 18.2 Å². The van der Waals surface area contributed by atoms with E-state index < -0.39 is 4.92 Å². The number of anilines is 2. The molecule has 1 aliphatic carbocycles. The molecule has 3 rings (SSSR count). The molecule has 0 aromatic heterocycles. The Balaban J connectivity index is 1.54. The van der Waals surface area contributed by atoms with Gasteiger partial charge in [0.2, 0.25) is 11.8 Å². The molecule has 1 saturated carbocycles. The number of rotatable bonds is 9. The Morgan fingerprint density at radius 2 is 1.97 bits per heavy atom. The number of hydrogen-bond acceptors (Lipinski definition) is 6. The maximum Gasteiger partial charge on any atom is 0.311 e. The van der Waals surface area contributed by atoms with Gasteiger partial charge in [0, 0.05) is 29.1 Å². The SMILES string of the molecule is COc1ccc(CSCC(=O)Nc2cc(NC(=O)C3CC3)ccc2C)cc1[N+](=O)[O-]. The molecule has 0 atom stereocenters. The van der Waals surface area contributed by atoms with Gasteiger partial charge in [-0.1, -0.05) is 12.1 Å². The molecule has 0 saturated heterocycles. The van der Waals surface area contributed by atoms with Crippen LogP contribution in [-0.2, 0) is 15.3 Å². The normalized spacial score (nSPS) is 12.9. The van der Waals surface area contributed by atoms with Gasteiger partial charge in [0.15, 0.2) is 5.75 Å². The fraction of sp³-hybridized carbons (Fsp3) is 0.333. The maximum atomic E-state index is 12.3. The van der Waals surface area contributed by atoms with E-state index in [0.29, 0.717) is 17.1 Å². The van der Waals surface area contributed by atoms with Crippen LogP contribution >= 0.6 is 11.8 Å². The second-order valence-corrected chi connectivity index (χ2v) is 8.08. The average Bonchev–Trinajstić information content (AvgIpc) is 3.56. The molecular formula is C21H23N3O5S. The number of hydrogen-bond donors (Lipinski definition) is 2. The van der Waals surface area contributed by atoms with Crippen LogP contribution in [0.5, 0.6) is 5.75 Å². The predicted octanol–water partition coefficient (Wildman–Crippen LogP) is 4.13. The molecule has 2 aromatic carbocycles. The van der Waals surface area contributed by atoms with Gasteiger partial charge in [0.05, 0.1) is 17.8 Å². The van der Waals surface area contributed by atoms with E-state index in [0.717, 1.165) is 24.0 Å². The highest BCUT2D eigenvalue weighted by atomic mass is 32.2. The number of aryl methyl sites for hydroxylation is 1. The van der Waals surface area contributed by atoms with E-state index in [2.05, 4.69) is 10.6 Å². The number of carbonyl (C=O) groups excluding carboxylic acids is 2. The number of nitrogens with one attached hydrogen (secondary N) is 2. The Labute approximate surface area is 178 Å². The number of nitro benzene ring substituents is 1. The van der Waals surface area contributed by atoms with Crippen LogP contribution in [0, 0.1) is 23.0 Å². The molecule has 2 N–H and O–H groups in total. The van der Waals surface area contributed by atoms with Gasteiger partial charge in [-0.05, 0) is 49.1 Å². The van der Waals surface area contributed by atoms with E-state index in [-0.39, 0.29) is 34.9 Å². The van der Waals surface area contributed by atoms with Crippen LogP contribution in [0.4, 0.5) is 17.1 Å². The summed E-state index contributed by atoms with van der Waals surface area (Å²) in [5, 5.41) is 16.8. The highest BCUT2D eigenvalue weighted by Crippen LogP contribution is 2.31. The van der Waals surface area contributed by atoms with E-state index in [9.17, 15) is 19.7 Å². The topological polar surface area (TPSA) is 111 Å². The largest absolute Gasteiger partial charge is 0.490 e. The number of carbonyl (C=O) groups is 2. The number of nitro groups is 1. The standard InChI is InChI=1S/C21H23N3O5S/c1-13-3-7-16(22-21(26)15-5-6-15)10-17(13)23-20(25)12-30-11-14-4-8-19(29-2)18(9-14)24(27)28/h3-4,7-10,15H,5-6,11-12H2,1-2H3,(H,22,26)(H,23,25). The molecule has 0 heterocycles. The lowest BCUT2D eigenvalue weighted by atomic mass is 10.1. The first-order valence-electron chi connectivity index (χ1n) is 9.48. The molecule has 0 spiro atoms. The molecule has 30 heavy (non-hydrogen) atoms. The lowest BCUT2D eigenvalue weighted by Gasteiger charge is -2.11. The Kier molecular flexibility index (Phi) is 6.94. The molecule has 0 radical (unpaired) electrons. The van der Waals surface area contributed by atoms with E-state index in [4.69, 9.17) is 4.74 Å². The minimum Gasteiger partial charge on any atom is -0.490 e. The maximum absolute atomic E-state index is 12.3. The summed E-state index contributed by atoms with van der Waals surface area (Å²) >= 11 is 1.36. The molecule has 0 unspecified atom stereocenters. The van der Waals surface area contributed by atoms with Gasteiger partial charge in [-0.3, -0.25) is 19.7 Å². The monoisotopic (exact) mass is 429 g/mol. The number of benzene rings is 2. The second kappa shape index (κ2) is 9.62. The van der Waals surface area contributed by atoms with Crippen molar-refractivity contribution < 1.29 is 19.2 Å². The van der Waals surface area contributed by atoms with E-state index >= 15 is 0 Å². The van der Waals surface area contributed by atoms with Crippen LogP contribution in [0.15, 0.2) is 36.4 Å². The summed E-state index contributed by atoms with van der Waals surface area (Å²) in [6, 6.07) is 10.2. The third-order valence-corrected chi connectivity index (χ3v) is 5.67. The summed E-state index contributed by atoms with van der Waals surface area (Å²) in [6.45, 7) is 1.88. The van der Waals surface area contributed by atoms with Gasteiger partial charge in [0.25, 0.3) is 0 Å². The molecule has 158 valence electrons. The van der Waals surface area contributed by atoms with Gasteiger partial charge < -0.3 is 15.4 Å². The highest BCUT2D eigenvalue weighted by molar-refractivity contribution is 7.99. The third-order valence-electron chi connectivity index (χ3n) is 4.67. The summed E-state index contributed by atoms with van der Waals surface area (Å²) < 4.78 is 4.99. The number of nitrogens with zero attached hydrogens (tertiary/aromatic N) is 1. The van der Waals surface area contributed by atoms with Crippen LogP contribution in [0.3, 0.4) is 0 Å². The van der Waals surface area contributed by atoms with Crippen LogP contribution in [-0.4, -0.2) is 29.6 Å². The average molecular weight is 429 g/mol. The molecular weight excluding hydrogens is 406 g/mol. The summed E-state index contributed by atoms with van der Waals surface area (Å²) in [4.78, 5) is 34.9. The molecule has 0 aliphatic heterocycles. The zero-order valence-corrected chi connectivity index (χ0v) is 17.6. The second-order valence-electron chi connectivity index (χ2n) is 7.10. The van der Waals surface area contributed by atoms with Crippen LogP contribution in [0.2, 0.25) is 0 Å². The molecule has 0 bridgehead atoms. The van der Waals surface area contributed by atoms with Crippen molar-refractivity contribution >= 4 is 40.6 Å². The van der Waals surface area contributed by atoms with Gasteiger partial charge in [-0.2, -0.15) is 0 Å². The lowest BCUT2D eigenvalue weighted by Crippen LogP contribution is -2.16. The molecule has 9 heteroatoms. The van der Waals surface area contributed by atoms with Crippen LogP contribution < -0.4 is 15.4 Å². The minimum atomic E-state index is -0.489. The first-order valence-corrected chi connectivity index (χ1v) is 10.6. The first kappa shape index (κ1) is 21.6. The van der Waals surface area contributed by atoms with E-state index in [1.807, 2.05) is 19.1 Å². The Morgan fingerprint density at radius 3 is 2.63 bits per heavy atom. The van der Waals surface area contributed by atoms with Crippen molar-refractivity contribution in [3.63, 3.8) is 0 Å². The van der Waals surface area contributed by atoms with Crippen LogP contribution in [0.1, 0.15) is 24.0 Å². The number of ether oxygens (including phenoxy) is 1. The van der Waals surface area contributed by atoms with Crippen molar-refractivity contribution in [1.82, 2.24) is 0 Å². The zero-order chi connectivity index (χ0) is 21.7. The van der Waals surface area contributed by atoms with Crippen molar-refractivity contribution in [1.29, 1.82) is 0 Å². The van der Waals surface area contributed by atoms with Crippen molar-refractivity contribution in [2.24, 2.45) is 5.92 Å². The summed E-state index contributed by atoms with van der Waals surface area (Å²) in [6.07, 6.45) is 1.85. The first-order chi connectivity index (χ1) is 14.4. The number of amides is 2. The van der Waals surface area contributed by atoms with Gasteiger partial charge in [-0.25, -0.2) is 0 Å². The Bertz CT molecular complexity index is 975. The quantitative estimate of drug-likeness (QED) is 0.458. The number of methoxy groups -OCH3 is 1. The van der Waals surface area contributed by atoms with Gasteiger partial charge in [0.1, 0.15) is 0 Å². The van der Waals surface area contributed by atoms with Crippen molar-refractivity contribution in [3.8, 4) is 5.75 Å². The predicted molar refractivity (Wildman–Crippen MR) is 117 cm³/mol. The Hall–Kier alpha value is -3.07. The van der Waals surface area contributed by atoms with E-state index in [1.165, 1.54) is 24.9 Å². The summed E-state index contributed by atoms with van der Waals surface area (Å²) in [7, 11) is 1.38. The van der Waals surface area contributed by atoms with Gasteiger partial charge >= 0.3 is 5.69 Å². The Morgan fingerprint density at radius 1 is 1.20 bits per heavy atom. The van der Waals surface area contributed by atoms with Gasteiger partial charge in [-0.15, -0.1) is 11.8 Å². The zero-order valence-electron chi connectivity index (χ0n) is 16.8. The third kappa shape index (κ3) is 5.73. The lowest BCUT2D eigenvalue weighted by molar-refractivity contribution is -0.385. The van der Waals surface area contributed by atoms with Crippen molar-refractivity contribution in [3.05, 3.63) is 57.6 Å². The minimum absolute atomic E-state index is 0.0141. The molecule has 2 amide bonds. The summed E-state index contributed by atoms with van der Waals surface area (Å²) in [5.74, 6) is 0.786. The summed E-state index contributed by atoms with van der Waals surface area (Å²) in [5.41, 5.74) is 2.84. The smallest absolute Gasteiger partial charge is 0.311 e. The fourth-order valence-electron chi connectivity index (χ4n) is 2.84. The van der Waals surface area contributed by atoms with Crippen molar-refractivity contribution in [2.75, 3.05) is 23.5 Å².